The number of rotatable bonds is 6. The van der Waals surface area contributed by atoms with E-state index in [0.717, 1.165) is 29.9 Å². The van der Waals surface area contributed by atoms with E-state index in [1.165, 1.54) is 12.8 Å². The first-order valence-electron chi connectivity index (χ1n) is 5.62. The maximum atomic E-state index is 5.66. The van der Waals surface area contributed by atoms with Crippen LogP contribution in [0.15, 0.2) is 30.8 Å². The van der Waals surface area contributed by atoms with Gasteiger partial charge in [0.25, 0.3) is 0 Å². The Morgan fingerprint density at radius 1 is 1.33 bits per heavy atom. The van der Waals surface area contributed by atoms with Crippen molar-refractivity contribution >= 4 is 5.57 Å². The zero-order chi connectivity index (χ0) is 11.1. The first-order chi connectivity index (χ1) is 7.24. The molecule has 0 aliphatic rings. The van der Waals surface area contributed by atoms with E-state index in [-0.39, 0.29) is 0 Å². The molecule has 1 rings (SSSR count). The highest BCUT2D eigenvalue weighted by Crippen LogP contribution is 2.18. The summed E-state index contributed by atoms with van der Waals surface area (Å²) in [7, 11) is 0. The van der Waals surface area contributed by atoms with Crippen LogP contribution in [-0.4, -0.2) is 6.61 Å². The Labute approximate surface area is 92.8 Å². The summed E-state index contributed by atoms with van der Waals surface area (Å²) >= 11 is 0. The lowest BCUT2D eigenvalue weighted by Crippen LogP contribution is -1.97. The van der Waals surface area contributed by atoms with Crippen LogP contribution in [0, 0.1) is 0 Å². The van der Waals surface area contributed by atoms with Crippen LogP contribution in [0.25, 0.3) is 5.57 Å². The highest BCUT2D eigenvalue weighted by Gasteiger charge is 1.97. The van der Waals surface area contributed by atoms with Gasteiger partial charge in [-0.3, -0.25) is 0 Å². The molecule has 1 aromatic carbocycles. The summed E-state index contributed by atoms with van der Waals surface area (Å²) in [6, 6.07) is 8.12. The van der Waals surface area contributed by atoms with Crippen molar-refractivity contribution in [2.45, 2.75) is 33.1 Å². The molecule has 82 valence electrons. The molecule has 0 aliphatic carbocycles. The molecular formula is C14H20O. The second-order valence-corrected chi connectivity index (χ2v) is 3.86. The van der Waals surface area contributed by atoms with Crippen LogP contribution in [0.3, 0.4) is 0 Å². The lowest BCUT2D eigenvalue weighted by molar-refractivity contribution is 0.306. The fourth-order valence-electron chi connectivity index (χ4n) is 1.39. The third-order valence-corrected chi connectivity index (χ3v) is 2.34. The van der Waals surface area contributed by atoms with Gasteiger partial charge in [0.05, 0.1) is 6.61 Å². The van der Waals surface area contributed by atoms with Gasteiger partial charge in [-0.05, 0) is 31.0 Å². The standard InChI is InChI=1S/C14H20O/c1-4-5-6-10-15-14-9-7-8-13(11-14)12(2)3/h7-9,11H,2,4-6,10H2,1,3H3. The minimum absolute atomic E-state index is 0.813. The summed E-state index contributed by atoms with van der Waals surface area (Å²) in [5, 5.41) is 0. The monoisotopic (exact) mass is 204 g/mol. The van der Waals surface area contributed by atoms with E-state index in [2.05, 4.69) is 19.6 Å². The normalized spacial score (nSPS) is 10.0. The summed E-state index contributed by atoms with van der Waals surface area (Å²) in [6.07, 6.45) is 3.60. The van der Waals surface area contributed by atoms with E-state index in [9.17, 15) is 0 Å². The summed E-state index contributed by atoms with van der Waals surface area (Å²) in [5.41, 5.74) is 2.23. The molecule has 0 unspecified atom stereocenters. The summed E-state index contributed by atoms with van der Waals surface area (Å²) < 4.78 is 5.66. The second-order valence-electron chi connectivity index (χ2n) is 3.86. The van der Waals surface area contributed by atoms with Crippen LogP contribution in [0.2, 0.25) is 0 Å². The van der Waals surface area contributed by atoms with Gasteiger partial charge in [0.2, 0.25) is 0 Å². The van der Waals surface area contributed by atoms with Crippen LogP contribution >= 0.6 is 0 Å². The molecule has 0 atom stereocenters. The molecule has 0 spiro atoms. The van der Waals surface area contributed by atoms with Crippen molar-refractivity contribution in [1.29, 1.82) is 0 Å². The Balaban J connectivity index is 2.47. The van der Waals surface area contributed by atoms with Gasteiger partial charge < -0.3 is 4.74 Å². The number of allylic oxidation sites excluding steroid dienone is 1. The summed E-state index contributed by atoms with van der Waals surface area (Å²) in [4.78, 5) is 0. The third kappa shape index (κ3) is 4.20. The lowest BCUT2D eigenvalue weighted by atomic mass is 10.1. The smallest absolute Gasteiger partial charge is 0.119 e. The highest BCUT2D eigenvalue weighted by molar-refractivity contribution is 5.62. The second kappa shape index (κ2) is 6.28. The van der Waals surface area contributed by atoms with Crippen LogP contribution < -0.4 is 4.74 Å². The molecule has 0 radical (unpaired) electrons. The Morgan fingerprint density at radius 3 is 2.80 bits per heavy atom. The number of hydrogen-bond acceptors (Lipinski definition) is 1. The first kappa shape index (κ1) is 11.8. The molecule has 0 N–H and O–H groups in total. The van der Waals surface area contributed by atoms with Crippen LogP contribution in [0.4, 0.5) is 0 Å². The van der Waals surface area contributed by atoms with Gasteiger partial charge in [0.1, 0.15) is 5.75 Å². The first-order valence-corrected chi connectivity index (χ1v) is 5.62. The average Bonchev–Trinajstić information content (AvgIpc) is 2.25. The zero-order valence-corrected chi connectivity index (χ0v) is 9.75. The number of benzene rings is 1. The number of hydrogen-bond donors (Lipinski definition) is 0. The van der Waals surface area contributed by atoms with E-state index in [1.807, 2.05) is 25.1 Å². The SMILES string of the molecule is C=C(C)c1cccc(OCCCCC)c1. The van der Waals surface area contributed by atoms with Gasteiger partial charge in [-0.1, -0.05) is 44.1 Å². The predicted octanol–water partition coefficient (Wildman–Crippen LogP) is 4.29. The van der Waals surface area contributed by atoms with Crippen LogP contribution in [0.5, 0.6) is 5.75 Å². The Bertz CT molecular complexity index is 315. The van der Waals surface area contributed by atoms with Crippen molar-refractivity contribution in [3.05, 3.63) is 36.4 Å². The number of unbranched alkanes of at least 4 members (excludes halogenated alkanes) is 2. The van der Waals surface area contributed by atoms with Crippen LogP contribution in [-0.2, 0) is 0 Å². The molecule has 0 saturated carbocycles. The van der Waals surface area contributed by atoms with E-state index >= 15 is 0 Å². The average molecular weight is 204 g/mol. The molecule has 0 saturated heterocycles. The Kier molecular flexibility index (Phi) is 4.96. The van der Waals surface area contributed by atoms with Gasteiger partial charge in [0, 0.05) is 0 Å². The van der Waals surface area contributed by atoms with E-state index in [4.69, 9.17) is 4.74 Å². The highest BCUT2D eigenvalue weighted by atomic mass is 16.5. The van der Waals surface area contributed by atoms with Crippen molar-refractivity contribution < 1.29 is 4.74 Å². The Hall–Kier alpha value is -1.24. The molecule has 0 heterocycles. The summed E-state index contributed by atoms with van der Waals surface area (Å²) in [6.45, 7) is 8.94. The lowest BCUT2D eigenvalue weighted by Gasteiger charge is -2.07. The third-order valence-electron chi connectivity index (χ3n) is 2.34. The quantitative estimate of drug-likeness (QED) is 0.628. The minimum Gasteiger partial charge on any atom is -0.494 e. The molecule has 0 amide bonds. The maximum Gasteiger partial charge on any atom is 0.119 e. The predicted molar refractivity (Wildman–Crippen MR) is 66.2 cm³/mol. The fourth-order valence-corrected chi connectivity index (χ4v) is 1.39. The molecule has 1 heteroatoms. The van der Waals surface area contributed by atoms with E-state index in [1.54, 1.807) is 0 Å². The topological polar surface area (TPSA) is 9.23 Å². The molecule has 0 bridgehead atoms. The summed E-state index contributed by atoms with van der Waals surface area (Å²) in [5.74, 6) is 0.951. The molecule has 0 fully saturated rings. The maximum absolute atomic E-state index is 5.66. The van der Waals surface area contributed by atoms with E-state index < -0.39 is 0 Å². The largest absolute Gasteiger partial charge is 0.494 e. The van der Waals surface area contributed by atoms with Gasteiger partial charge in [-0.2, -0.15) is 0 Å². The van der Waals surface area contributed by atoms with Crippen molar-refractivity contribution in [2.24, 2.45) is 0 Å². The van der Waals surface area contributed by atoms with Gasteiger partial charge in [-0.25, -0.2) is 0 Å². The van der Waals surface area contributed by atoms with Gasteiger partial charge >= 0.3 is 0 Å². The molecule has 0 aliphatic heterocycles. The molecule has 15 heavy (non-hydrogen) atoms. The minimum atomic E-state index is 0.813. The molecule has 1 nitrogen and oxygen atoms in total. The van der Waals surface area contributed by atoms with E-state index in [0.29, 0.717) is 0 Å². The fraction of sp³-hybridized carbons (Fsp3) is 0.429. The van der Waals surface area contributed by atoms with Gasteiger partial charge in [-0.15, -0.1) is 0 Å². The van der Waals surface area contributed by atoms with Gasteiger partial charge in [0.15, 0.2) is 0 Å². The van der Waals surface area contributed by atoms with Crippen LogP contribution in [0.1, 0.15) is 38.7 Å². The van der Waals surface area contributed by atoms with Crippen molar-refractivity contribution in [1.82, 2.24) is 0 Å². The number of ether oxygens (including phenoxy) is 1. The molecular weight excluding hydrogens is 184 g/mol. The van der Waals surface area contributed by atoms with Crippen molar-refractivity contribution in [3.63, 3.8) is 0 Å². The van der Waals surface area contributed by atoms with Crippen molar-refractivity contribution in [2.75, 3.05) is 6.61 Å². The molecule has 0 aromatic heterocycles. The molecule has 1 aromatic rings. The zero-order valence-electron chi connectivity index (χ0n) is 9.75. The Morgan fingerprint density at radius 2 is 2.13 bits per heavy atom. The van der Waals surface area contributed by atoms with Crippen molar-refractivity contribution in [3.8, 4) is 5.75 Å².